The van der Waals surface area contributed by atoms with Gasteiger partial charge in [-0.25, -0.2) is 0 Å². The number of thiazole rings is 1. The number of fused-ring (bicyclic) bond motifs is 2. The van der Waals surface area contributed by atoms with Crippen LogP contribution in [0.3, 0.4) is 0 Å². The second-order valence-corrected chi connectivity index (χ2v) is 11.6. The molecule has 0 unspecified atom stereocenters. The van der Waals surface area contributed by atoms with Crippen LogP contribution >= 0.6 is 23.1 Å². The van der Waals surface area contributed by atoms with Gasteiger partial charge in [-0.2, -0.15) is 4.57 Å². The minimum absolute atomic E-state index is 0. The lowest BCUT2D eigenvalue weighted by molar-refractivity contribution is -0.669. The third-order valence-electron chi connectivity index (χ3n) is 6.72. The van der Waals surface area contributed by atoms with Gasteiger partial charge in [-0.1, -0.05) is 112 Å². The van der Waals surface area contributed by atoms with Crippen LogP contribution in [0.25, 0.3) is 16.3 Å². The summed E-state index contributed by atoms with van der Waals surface area (Å²) in [5.41, 5.74) is 2.74. The Hall–Kier alpha value is -1.31. The minimum Gasteiger partial charge on any atom is -1.00 e. The van der Waals surface area contributed by atoms with Crippen LogP contribution in [0.1, 0.15) is 83.1 Å². The van der Waals surface area contributed by atoms with Gasteiger partial charge in [-0.15, -0.1) is 0 Å². The number of aromatic nitrogens is 1. The van der Waals surface area contributed by atoms with Crippen molar-refractivity contribution in [2.75, 3.05) is 11.4 Å². The molecule has 0 fully saturated rings. The van der Waals surface area contributed by atoms with Gasteiger partial charge in [-0.05, 0) is 37.1 Å². The van der Waals surface area contributed by atoms with Gasteiger partial charge in [0, 0.05) is 30.0 Å². The molecule has 0 saturated heterocycles. The molecule has 0 N–H and O–H groups in total. The zero-order chi connectivity index (χ0) is 24.3. The van der Waals surface area contributed by atoms with E-state index in [-0.39, 0.29) is 24.0 Å². The van der Waals surface area contributed by atoms with Crippen molar-refractivity contribution < 1.29 is 28.5 Å². The topological polar surface area (TPSA) is 7.12 Å². The van der Waals surface area contributed by atoms with E-state index in [1.54, 1.807) is 0 Å². The number of allylic oxidation sites excluding steroid dienone is 2. The summed E-state index contributed by atoms with van der Waals surface area (Å²) >= 11 is 3.82. The predicted molar refractivity (Wildman–Crippen MR) is 156 cm³/mol. The summed E-state index contributed by atoms with van der Waals surface area (Å²) in [5.74, 6) is 0. The lowest BCUT2D eigenvalue weighted by Gasteiger charge is -2.20. The van der Waals surface area contributed by atoms with Crippen LogP contribution in [-0.2, 0) is 6.54 Å². The molecule has 2 nitrogen and oxygen atoms in total. The molecule has 3 aromatic rings. The number of para-hydroxylation sites is 2. The molecule has 2 heterocycles. The molecule has 194 valence electrons. The Bertz CT molecular complexity index is 1130. The van der Waals surface area contributed by atoms with Crippen molar-refractivity contribution in [3.05, 3.63) is 70.7 Å². The summed E-state index contributed by atoms with van der Waals surface area (Å²) in [6.07, 6.45) is 20.1. The van der Waals surface area contributed by atoms with E-state index in [1.165, 1.54) is 95.0 Å². The first-order valence-corrected chi connectivity index (χ1v) is 15.3. The van der Waals surface area contributed by atoms with E-state index in [0.29, 0.717) is 0 Å². The Morgan fingerprint density at radius 3 is 2.31 bits per heavy atom. The van der Waals surface area contributed by atoms with E-state index in [4.69, 9.17) is 0 Å². The smallest absolute Gasteiger partial charge is 0.262 e. The van der Waals surface area contributed by atoms with Crippen molar-refractivity contribution in [1.29, 1.82) is 0 Å². The third-order valence-corrected chi connectivity index (χ3v) is 8.98. The molecule has 2 aromatic carbocycles. The third kappa shape index (κ3) is 7.84. The Kier molecular flexibility index (Phi) is 12.9. The molecule has 0 bridgehead atoms. The van der Waals surface area contributed by atoms with Crippen molar-refractivity contribution in [3.63, 3.8) is 0 Å². The van der Waals surface area contributed by atoms with Gasteiger partial charge in [0.25, 0.3) is 5.01 Å². The van der Waals surface area contributed by atoms with E-state index >= 15 is 0 Å². The zero-order valence-electron chi connectivity index (χ0n) is 21.9. The fraction of sp³-hybridized carbons (Fsp3) is 0.452. The highest BCUT2D eigenvalue weighted by Crippen LogP contribution is 2.45. The molecule has 0 radical (unpaired) electrons. The number of rotatable bonds is 14. The first kappa shape index (κ1) is 29.2. The first-order chi connectivity index (χ1) is 17.3. The number of anilines is 1. The molecular weight excluding hydrogens is 591 g/mol. The van der Waals surface area contributed by atoms with E-state index < -0.39 is 0 Å². The molecule has 0 spiro atoms. The number of aryl methyl sites for hydroxylation is 1. The molecule has 1 aliphatic rings. The number of unbranched alkanes of at least 4 members (excludes halogenated alkanes) is 8. The van der Waals surface area contributed by atoms with Crippen LogP contribution < -0.4 is 33.4 Å². The van der Waals surface area contributed by atoms with Gasteiger partial charge in [0.2, 0.25) is 5.52 Å². The highest BCUT2D eigenvalue weighted by Gasteiger charge is 2.24. The molecular formula is C31H41IN2S2. The average molecular weight is 633 g/mol. The molecule has 4 rings (SSSR count). The monoisotopic (exact) mass is 632 g/mol. The fourth-order valence-corrected chi connectivity index (χ4v) is 6.98. The second kappa shape index (κ2) is 15.8. The van der Waals surface area contributed by atoms with Gasteiger partial charge < -0.3 is 28.9 Å². The van der Waals surface area contributed by atoms with Crippen LogP contribution in [0.2, 0.25) is 0 Å². The highest BCUT2D eigenvalue weighted by atomic mass is 127. The Morgan fingerprint density at radius 1 is 0.806 bits per heavy atom. The summed E-state index contributed by atoms with van der Waals surface area (Å²) in [6, 6.07) is 17.7. The normalized spacial score (nSPS) is 14.2. The number of thioether (sulfide) groups is 1. The van der Waals surface area contributed by atoms with Gasteiger partial charge in [0.05, 0.1) is 10.7 Å². The van der Waals surface area contributed by atoms with Crippen molar-refractivity contribution in [3.8, 4) is 0 Å². The van der Waals surface area contributed by atoms with Gasteiger partial charge in [0.15, 0.2) is 6.54 Å². The van der Waals surface area contributed by atoms with Crippen LogP contribution in [0.5, 0.6) is 0 Å². The largest absolute Gasteiger partial charge is 1.00 e. The number of hydrogen-bond acceptors (Lipinski definition) is 3. The lowest BCUT2D eigenvalue weighted by atomic mass is 10.1. The van der Waals surface area contributed by atoms with Crippen molar-refractivity contribution in [2.24, 2.45) is 0 Å². The number of hydrogen-bond donors (Lipinski definition) is 0. The van der Waals surface area contributed by atoms with Crippen LogP contribution in [-0.4, -0.2) is 6.54 Å². The minimum atomic E-state index is 0. The van der Waals surface area contributed by atoms with Crippen molar-refractivity contribution in [2.45, 2.75) is 89.5 Å². The molecule has 36 heavy (non-hydrogen) atoms. The van der Waals surface area contributed by atoms with Crippen molar-refractivity contribution >= 4 is 45.1 Å². The maximum atomic E-state index is 2.53. The molecule has 0 saturated carbocycles. The number of benzene rings is 2. The van der Waals surface area contributed by atoms with Crippen LogP contribution in [0.4, 0.5) is 5.69 Å². The first-order valence-electron chi connectivity index (χ1n) is 13.7. The number of nitrogens with zero attached hydrogens (tertiary/aromatic N) is 2. The summed E-state index contributed by atoms with van der Waals surface area (Å²) in [4.78, 5) is 3.91. The Morgan fingerprint density at radius 2 is 1.50 bits per heavy atom. The molecule has 0 atom stereocenters. The van der Waals surface area contributed by atoms with E-state index in [1.807, 2.05) is 23.1 Å². The summed E-state index contributed by atoms with van der Waals surface area (Å²) in [6.45, 7) is 6.78. The maximum absolute atomic E-state index is 2.53. The van der Waals surface area contributed by atoms with Crippen molar-refractivity contribution in [1.82, 2.24) is 0 Å². The van der Waals surface area contributed by atoms with E-state index in [0.717, 1.165) is 13.1 Å². The molecule has 1 aromatic heterocycles. The summed E-state index contributed by atoms with van der Waals surface area (Å²) in [5, 5.41) is 2.70. The predicted octanol–water partition coefficient (Wildman–Crippen LogP) is 6.60. The average Bonchev–Trinajstić information content (AvgIpc) is 3.41. The van der Waals surface area contributed by atoms with Gasteiger partial charge >= 0.3 is 0 Å². The van der Waals surface area contributed by atoms with Gasteiger partial charge in [0.1, 0.15) is 4.70 Å². The molecule has 5 heteroatoms. The number of halogens is 1. The second-order valence-electron chi connectivity index (χ2n) is 9.47. The van der Waals surface area contributed by atoms with E-state index in [2.05, 4.69) is 90.1 Å². The Labute approximate surface area is 243 Å². The summed E-state index contributed by atoms with van der Waals surface area (Å²) in [7, 11) is 0. The van der Waals surface area contributed by atoms with Crippen LogP contribution in [0, 0.1) is 0 Å². The van der Waals surface area contributed by atoms with E-state index in [9.17, 15) is 0 Å². The maximum Gasteiger partial charge on any atom is 0.262 e. The Balaban J connectivity index is 0.00000361. The van der Waals surface area contributed by atoms with Crippen LogP contribution in [0.15, 0.2) is 70.6 Å². The molecule has 0 aliphatic carbocycles. The standard InChI is InChI=1S/C31H41N2S2.HI/c1-3-5-7-9-15-24-32-26-18-11-13-20-28(26)34-30(32)22-17-23-31-33(25-16-10-8-6-4-2)27-19-12-14-21-29(27)35-31;/h11-14,17-23H,3-10,15-16,24-25H2,1-2H3;1H/q+1;/p-1. The molecule has 0 amide bonds. The highest BCUT2D eigenvalue weighted by molar-refractivity contribution is 8.03. The SMILES string of the molecule is CCCCCCCN1C(=CC=Cc2sc3ccccc3[n+]2CCCCCCC)Sc2ccccc21.[I-]. The lowest BCUT2D eigenvalue weighted by Crippen LogP contribution is -3.00. The fourth-order valence-electron chi connectivity index (χ4n) is 4.77. The quantitative estimate of drug-likeness (QED) is 0.112. The summed E-state index contributed by atoms with van der Waals surface area (Å²) < 4.78 is 3.91. The molecule has 1 aliphatic heterocycles. The van der Waals surface area contributed by atoms with Gasteiger partial charge in [-0.3, -0.25) is 0 Å². The zero-order valence-corrected chi connectivity index (χ0v) is 25.7.